The van der Waals surface area contributed by atoms with Gasteiger partial charge in [0.15, 0.2) is 0 Å². The molecule has 0 spiro atoms. The average molecular weight is 425 g/mol. The molecule has 2 aromatic heterocycles. The highest BCUT2D eigenvalue weighted by atomic mass is 16.5. The molecule has 1 aliphatic rings. The second-order valence-electron chi connectivity index (χ2n) is 8.72. The first-order valence-electron chi connectivity index (χ1n) is 11.2. The lowest BCUT2D eigenvalue weighted by Crippen LogP contribution is -2.06. The van der Waals surface area contributed by atoms with Gasteiger partial charge in [-0.05, 0) is 92.1 Å². The summed E-state index contributed by atoms with van der Waals surface area (Å²) in [4.78, 5) is 5.09. The molecule has 4 aromatic rings. The molecule has 2 aromatic carbocycles. The zero-order valence-electron chi connectivity index (χ0n) is 19.1. The maximum atomic E-state index is 5.33. The minimum atomic E-state index is 0.656. The second-order valence-corrected chi connectivity index (χ2v) is 8.72. The molecule has 5 heteroatoms. The summed E-state index contributed by atoms with van der Waals surface area (Å²) in [6.07, 6.45) is 5.29. The van der Waals surface area contributed by atoms with Gasteiger partial charge >= 0.3 is 0 Å². The van der Waals surface area contributed by atoms with Crippen LogP contribution < -0.4 is 4.74 Å². The molecule has 0 fully saturated rings. The summed E-state index contributed by atoms with van der Waals surface area (Å²) in [7, 11) is 1.67. The summed E-state index contributed by atoms with van der Waals surface area (Å²) in [5.74, 6) is 0.813. The number of rotatable bonds is 4. The van der Waals surface area contributed by atoms with Crippen LogP contribution in [0.25, 0.3) is 22.5 Å². The van der Waals surface area contributed by atoms with E-state index in [1.54, 1.807) is 7.11 Å². The summed E-state index contributed by atoms with van der Waals surface area (Å²) in [5, 5.41) is 8.75. The highest BCUT2D eigenvalue weighted by molar-refractivity contribution is 5.70. The van der Waals surface area contributed by atoms with Gasteiger partial charge in [0, 0.05) is 16.8 Å². The molecule has 5 nitrogen and oxygen atoms in total. The van der Waals surface area contributed by atoms with Gasteiger partial charge in [-0.2, -0.15) is 0 Å². The largest absolute Gasteiger partial charge is 0.497 e. The monoisotopic (exact) mass is 424 g/mol. The SMILES string of the molecule is COc1cccc(-c2cn(Cc3cc4c(nc3C)-c3cc(C)c(C)cc3CCC4)nn2)c1. The number of hydrogen-bond acceptors (Lipinski definition) is 4. The molecule has 0 amide bonds. The van der Waals surface area contributed by atoms with Crippen LogP contribution in [0.5, 0.6) is 5.75 Å². The summed E-state index contributed by atoms with van der Waals surface area (Å²) in [5.41, 5.74) is 12.0. The minimum absolute atomic E-state index is 0.656. The Hall–Kier alpha value is -3.47. The standard InChI is InChI=1S/C27H28N4O/c1-17-11-20-7-5-9-22-13-23(19(3)28-27(22)25(20)12-18(17)2)15-31-16-26(29-30-31)21-8-6-10-24(14-21)32-4/h6,8,10-14,16H,5,7,9,15H2,1-4H3. The molecule has 32 heavy (non-hydrogen) atoms. The van der Waals surface area contributed by atoms with E-state index in [2.05, 4.69) is 49.3 Å². The first-order chi connectivity index (χ1) is 15.5. The van der Waals surface area contributed by atoms with Gasteiger partial charge in [-0.15, -0.1) is 5.10 Å². The molecule has 0 aliphatic heterocycles. The van der Waals surface area contributed by atoms with Crippen molar-refractivity contribution in [1.29, 1.82) is 0 Å². The molecule has 2 heterocycles. The quantitative estimate of drug-likeness (QED) is 0.435. The van der Waals surface area contributed by atoms with E-state index in [1.807, 2.05) is 35.1 Å². The highest BCUT2D eigenvalue weighted by Crippen LogP contribution is 2.34. The molecule has 0 N–H and O–H groups in total. The third kappa shape index (κ3) is 3.79. The topological polar surface area (TPSA) is 52.8 Å². The number of pyridine rings is 1. The van der Waals surface area contributed by atoms with E-state index in [9.17, 15) is 0 Å². The van der Waals surface area contributed by atoms with Crippen LogP contribution in [0.1, 0.15) is 39.9 Å². The van der Waals surface area contributed by atoms with E-state index in [4.69, 9.17) is 9.72 Å². The van der Waals surface area contributed by atoms with Gasteiger partial charge in [0.2, 0.25) is 0 Å². The fraction of sp³-hybridized carbons (Fsp3) is 0.296. The molecular formula is C27H28N4O. The number of aromatic nitrogens is 4. The van der Waals surface area contributed by atoms with Gasteiger partial charge < -0.3 is 4.74 Å². The fourth-order valence-electron chi connectivity index (χ4n) is 4.52. The van der Waals surface area contributed by atoms with Crippen LogP contribution in [0.3, 0.4) is 0 Å². The van der Waals surface area contributed by atoms with Crippen molar-refractivity contribution in [2.75, 3.05) is 7.11 Å². The highest BCUT2D eigenvalue weighted by Gasteiger charge is 2.19. The van der Waals surface area contributed by atoms with Crippen LogP contribution in [0.15, 0.2) is 48.7 Å². The van der Waals surface area contributed by atoms with Gasteiger partial charge in [0.05, 0.1) is 25.5 Å². The first kappa shape index (κ1) is 20.4. The second kappa shape index (κ2) is 8.23. The van der Waals surface area contributed by atoms with Crippen molar-refractivity contribution in [2.24, 2.45) is 0 Å². The molecule has 0 unspecified atom stereocenters. The van der Waals surface area contributed by atoms with Crippen molar-refractivity contribution in [3.8, 4) is 28.3 Å². The van der Waals surface area contributed by atoms with Crippen molar-refractivity contribution in [1.82, 2.24) is 20.0 Å². The zero-order valence-corrected chi connectivity index (χ0v) is 19.1. The normalized spacial score (nSPS) is 12.8. The molecule has 1 aliphatic carbocycles. The number of fused-ring (bicyclic) bond motifs is 3. The van der Waals surface area contributed by atoms with Crippen LogP contribution in [0.4, 0.5) is 0 Å². The Morgan fingerprint density at radius 1 is 0.969 bits per heavy atom. The zero-order chi connectivity index (χ0) is 22.2. The molecule has 5 rings (SSSR count). The molecule has 0 bridgehead atoms. The molecular weight excluding hydrogens is 396 g/mol. The number of nitrogens with zero attached hydrogens (tertiary/aromatic N) is 4. The van der Waals surface area contributed by atoms with Crippen molar-refractivity contribution >= 4 is 0 Å². The van der Waals surface area contributed by atoms with Gasteiger partial charge in [0.25, 0.3) is 0 Å². The van der Waals surface area contributed by atoms with E-state index >= 15 is 0 Å². The number of ether oxygens (including phenoxy) is 1. The van der Waals surface area contributed by atoms with Gasteiger partial charge in [-0.25, -0.2) is 4.68 Å². The maximum absolute atomic E-state index is 5.33. The third-order valence-electron chi connectivity index (χ3n) is 6.50. The number of methoxy groups -OCH3 is 1. The van der Waals surface area contributed by atoms with Crippen LogP contribution in [-0.2, 0) is 19.4 Å². The van der Waals surface area contributed by atoms with Crippen LogP contribution in [0.2, 0.25) is 0 Å². The Kier molecular flexibility index (Phi) is 5.25. The van der Waals surface area contributed by atoms with Gasteiger partial charge in [0.1, 0.15) is 11.4 Å². The lowest BCUT2D eigenvalue weighted by Gasteiger charge is -2.15. The van der Waals surface area contributed by atoms with E-state index < -0.39 is 0 Å². The van der Waals surface area contributed by atoms with Crippen LogP contribution in [-0.4, -0.2) is 27.1 Å². The summed E-state index contributed by atoms with van der Waals surface area (Å²) in [6.45, 7) is 7.14. The number of aryl methyl sites for hydroxylation is 5. The Balaban J connectivity index is 1.47. The van der Waals surface area contributed by atoms with Crippen LogP contribution in [0, 0.1) is 20.8 Å². The third-order valence-corrected chi connectivity index (χ3v) is 6.50. The van der Waals surface area contributed by atoms with E-state index in [-0.39, 0.29) is 0 Å². The van der Waals surface area contributed by atoms with Gasteiger partial charge in [-0.1, -0.05) is 23.4 Å². The number of benzene rings is 2. The number of hydrogen-bond donors (Lipinski definition) is 0. The van der Waals surface area contributed by atoms with E-state index in [1.165, 1.54) is 33.4 Å². The van der Waals surface area contributed by atoms with Crippen molar-refractivity contribution in [3.63, 3.8) is 0 Å². The Morgan fingerprint density at radius 2 is 1.78 bits per heavy atom. The summed E-state index contributed by atoms with van der Waals surface area (Å²) in [6, 6.07) is 14.9. The predicted octanol–water partition coefficient (Wildman–Crippen LogP) is 5.48. The Morgan fingerprint density at radius 3 is 2.62 bits per heavy atom. The average Bonchev–Trinajstić information content (AvgIpc) is 3.20. The van der Waals surface area contributed by atoms with E-state index in [0.29, 0.717) is 6.54 Å². The molecule has 0 saturated heterocycles. The fourth-order valence-corrected chi connectivity index (χ4v) is 4.52. The van der Waals surface area contributed by atoms with Gasteiger partial charge in [-0.3, -0.25) is 4.98 Å². The molecule has 162 valence electrons. The van der Waals surface area contributed by atoms with Crippen molar-refractivity contribution in [2.45, 2.75) is 46.6 Å². The summed E-state index contributed by atoms with van der Waals surface area (Å²) >= 11 is 0. The molecule has 0 atom stereocenters. The lowest BCUT2D eigenvalue weighted by atomic mass is 9.95. The lowest BCUT2D eigenvalue weighted by molar-refractivity contribution is 0.415. The van der Waals surface area contributed by atoms with Crippen LogP contribution >= 0.6 is 0 Å². The Labute approximate surface area is 189 Å². The van der Waals surface area contributed by atoms with E-state index in [0.717, 1.165) is 47.7 Å². The van der Waals surface area contributed by atoms with Crippen molar-refractivity contribution < 1.29 is 4.74 Å². The minimum Gasteiger partial charge on any atom is -0.497 e. The van der Waals surface area contributed by atoms with Crippen molar-refractivity contribution in [3.05, 3.63) is 82.2 Å². The summed E-state index contributed by atoms with van der Waals surface area (Å²) < 4.78 is 7.23. The predicted molar refractivity (Wildman–Crippen MR) is 127 cm³/mol. The smallest absolute Gasteiger partial charge is 0.119 e. The first-order valence-corrected chi connectivity index (χ1v) is 11.2. The molecule has 0 radical (unpaired) electrons. The molecule has 0 saturated carbocycles. The maximum Gasteiger partial charge on any atom is 0.119 e. The Bertz CT molecular complexity index is 1310.